The molecule has 1 atom stereocenters. The van der Waals surface area contributed by atoms with E-state index in [0.29, 0.717) is 6.42 Å². The number of hydrogen-bond acceptors (Lipinski definition) is 5. The maximum Gasteiger partial charge on any atom is 0.278 e. The molecule has 2 N–H and O–H groups in total. The molecule has 3 rings (SSSR count). The van der Waals surface area contributed by atoms with Crippen molar-refractivity contribution in [3.05, 3.63) is 5.69 Å². The van der Waals surface area contributed by atoms with Crippen LogP contribution in [0.15, 0.2) is 0 Å². The molecular weight excluding hydrogens is 310 g/mol. The summed E-state index contributed by atoms with van der Waals surface area (Å²) in [5, 5.41) is 13.0. The standard InChI is InChI=1S/C16H25N5O3/c1-2-12(24-11-7-3-4-8-11)15(22)17-14-13(18-20-19-14)16(23)21-9-5-6-10-21/h11-12H,2-10H2,1H3,(H2,17,18,19,20,22). The Morgan fingerprint density at radius 1 is 1.25 bits per heavy atom. The Morgan fingerprint density at radius 2 is 1.96 bits per heavy atom. The minimum Gasteiger partial charge on any atom is -0.365 e. The molecule has 8 nitrogen and oxygen atoms in total. The van der Waals surface area contributed by atoms with E-state index in [4.69, 9.17) is 4.74 Å². The van der Waals surface area contributed by atoms with E-state index in [0.717, 1.165) is 51.6 Å². The second-order valence-corrected chi connectivity index (χ2v) is 6.45. The van der Waals surface area contributed by atoms with E-state index < -0.39 is 6.10 Å². The van der Waals surface area contributed by atoms with Gasteiger partial charge in [0.15, 0.2) is 11.5 Å². The number of anilines is 1. The van der Waals surface area contributed by atoms with Gasteiger partial charge in [-0.15, -0.1) is 10.2 Å². The molecule has 1 aromatic rings. The number of H-pyrrole nitrogens is 1. The molecule has 0 spiro atoms. The molecule has 0 aromatic carbocycles. The second-order valence-electron chi connectivity index (χ2n) is 6.45. The van der Waals surface area contributed by atoms with Crippen LogP contribution >= 0.6 is 0 Å². The van der Waals surface area contributed by atoms with Crippen molar-refractivity contribution < 1.29 is 14.3 Å². The van der Waals surface area contributed by atoms with E-state index in [1.807, 2.05) is 6.92 Å². The van der Waals surface area contributed by atoms with Gasteiger partial charge in [0.25, 0.3) is 11.8 Å². The Kier molecular flexibility index (Phi) is 5.44. The molecular formula is C16H25N5O3. The fourth-order valence-electron chi connectivity index (χ4n) is 3.33. The van der Waals surface area contributed by atoms with Crippen LogP contribution in [0, 0.1) is 0 Å². The fourth-order valence-corrected chi connectivity index (χ4v) is 3.33. The predicted octanol–water partition coefficient (Wildman–Crippen LogP) is 1.72. The van der Waals surface area contributed by atoms with Gasteiger partial charge in [-0.3, -0.25) is 9.59 Å². The van der Waals surface area contributed by atoms with Gasteiger partial charge in [-0.1, -0.05) is 19.8 Å². The highest BCUT2D eigenvalue weighted by Gasteiger charge is 2.29. The zero-order valence-electron chi connectivity index (χ0n) is 14.1. The van der Waals surface area contributed by atoms with Gasteiger partial charge in [-0.05, 0) is 32.1 Å². The molecule has 1 aliphatic heterocycles. The van der Waals surface area contributed by atoms with E-state index >= 15 is 0 Å². The summed E-state index contributed by atoms with van der Waals surface area (Å²) in [4.78, 5) is 26.7. The highest BCUT2D eigenvalue weighted by Crippen LogP contribution is 2.23. The Bertz CT molecular complexity index is 576. The van der Waals surface area contributed by atoms with Gasteiger partial charge in [0, 0.05) is 13.1 Å². The summed E-state index contributed by atoms with van der Waals surface area (Å²) in [6.45, 7) is 3.36. The topological polar surface area (TPSA) is 100 Å². The van der Waals surface area contributed by atoms with Crippen molar-refractivity contribution in [2.24, 2.45) is 0 Å². The average molecular weight is 335 g/mol. The number of aromatic nitrogens is 3. The first-order valence-corrected chi connectivity index (χ1v) is 8.85. The normalized spacial score (nSPS) is 19.6. The van der Waals surface area contributed by atoms with Gasteiger partial charge >= 0.3 is 0 Å². The van der Waals surface area contributed by atoms with Crippen LogP contribution in [0.25, 0.3) is 0 Å². The lowest BCUT2D eigenvalue weighted by atomic mass is 10.2. The predicted molar refractivity (Wildman–Crippen MR) is 87.6 cm³/mol. The van der Waals surface area contributed by atoms with Crippen LogP contribution < -0.4 is 5.32 Å². The smallest absolute Gasteiger partial charge is 0.278 e. The molecule has 8 heteroatoms. The number of aromatic amines is 1. The van der Waals surface area contributed by atoms with Gasteiger partial charge in [-0.25, -0.2) is 0 Å². The summed E-state index contributed by atoms with van der Waals surface area (Å²) >= 11 is 0. The molecule has 2 heterocycles. The van der Waals surface area contributed by atoms with Gasteiger partial charge in [0.1, 0.15) is 6.10 Å². The number of likely N-dealkylation sites (tertiary alicyclic amines) is 1. The summed E-state index contributed by atoms with van der Waals surface area (Å²) in [6.07, 6.45) is 6.52. The molecule has 132 valence electrons. The first kappa shape index (κ1) is 16.9. The van der Waals surface area contributed by atoms with Crippen LogP contribution in [0.4, 0.5) is 5.82 Å². The van der Waals surface area contributed by atoms with Crippen LogP contribution in [0.5, 0.6) is 0 Å². The van der Waals surface area contributed by atoms with Crippen molar-refractivity contribution in [2.45, 2.75) is 64.1 Å². The molecule has 1 unspecified atom stereocenters. The number of ether oxygens (including phenoxy) is 1. The molecule has 1 saturated carbocycles. The summed E-state index contributed by atoms with van der Waals surface area (Å²) in [5.41, 5.74) is 0.168. The largest absolute Gasteiger partial charge is 0.365 e. The second kappa shape index (κ2) is 7.74. The number of rotatable bonds is 6. The molecule has 2 fully saturated rings. The minimum absolute atomic E-state index is 0.156. The number of nitrogens with one attached hydrogen (secondary N) is 2. The highest BCUT2D eigenvalue weighted by atomic mass is 16.5. The average Bonchev–Trinajstić information content (AvgIpc) is 3.33. The Morgan fingerprint density at radius 3 is 2.62 bits per heavy atom. The monoisotopic (exact) mass is 335 g/mol. The van der Waals surface area contributed by atoms with Crippen molar-refractivity contribution in [3.63, 3.8) is 0 Å². The molecule has 0 bridgehead atoms. The van der Waals surface area contributed by atoms with Gasteiger partial charge in [-0.2, -0.15) is 5.21 Å². The van der Waals surface area contributed by atoms with Crippen LogP contribution in [-0.4, -0.2) is 57.4 Å². The van der Waals surface area contributed by atoms with Crippen molar-refractivity contribution in [1.29, 1.82) is 0 Å². The summed E-state index contributed by atoms with van der Waals surface area (Å²) in [6, 6.07) is 0. The van der Waals surface area contributed by atoms with Crippen molar-refractivity contribution >= 4 is 17.6 Å². The first-order valence-electron chi connectivity index (χ1n) is 8.85. The molecule has 1 aliphatic carbocycles. The van der Waals surface area contributed by atoms with Crippen LogP contribution in [0.3, 0.4) is 0 Å². The van der Waals surface area contributed by atoms with Crippen molar-refractivity contribution in [3.8, 4) is 0 Å². The zero-order chi connectivity index (χ0) is 16.9. The molecule has 1 aromatic heterocycles. The van der Waals surface area contributed by atoms with Crippen LogP contribution in [0.2, 0.25) is 0 Å². The van der Waals surface area contributed by atoms with E-state index in [1.54, 1.807) is 4.90 Å². The Hall–Kier alpha value is -1.96. The Balaban J connectivity index is 1.63. The SMILES string of the molecule is CCC(OC1CCCC1)C(=O)Nc1n[nH]nc1C(=O)N1CCCC1. The highest BCUT2D eigenvalue weighted by molar-refractivity contribution is 6.02. The van der Waals surface area contributed by atoms with E-state index in [9.17, 15) is 9.59 Å². The van der Waals surface area contributed by atoms with E-state index in [2.05, 4.69) is 20.7 Å². The van der Waals surface area contributed by atoms with Crippen LogP contribution in [0.1, 0.15) is 62.4 Å². The van der Waals surface area contributed by atoms with Crippen LogP contribution in [-0.2, 0) is 9.53 Å². The number of carbonyl (C=O) groups excluding carboxylic acids is 2. The van der Waals surface area contributed by atoms with Crippen molar-refractivity contribution in [2.75, 3.05) is 18.4 Å². The third-order valence-electron chi connectivity index (χ3n) is 4.71. The van der Waals surface area contributed by atoms with Gasteiger partial charge in [0.05, 0.1) is 6.10 Å². The maximum absolute atomic E-state index is 12.5. The third-order valence-corrected chi connectivity index (χ3v) is 4.71. The summed E-state index contributed by atoms with van der Waals surface area (Å²) in [5.74, 6) is -0.277. The molecule has 24 heavy (non-hydrogen) atoms. The third kappa shape index (κ3) is 3.75. The zero-order valence-corrected chi connectivity index (χ0v) is 14.1. The van der Waals surface area contributed by atoms with Gasteiger partial charge < -0.3 is 15.0 Å². The molecule has 1 saturated heterocycles. The van der Waals surface area contributed by atoms with Crippen molar-refractivity contribution in [1.82, 2.24) is 20.3 Å². The lowest BCUT2D eigenvalue weighted by molar-refractivity contribution is -0.131. The molecule has 2 aliphatic rings. The van der Waals surface area contributed by atoms with Gasteiger partial charge in [0.2, 0.25) is 0 Å². The van der Waals surface area contributed by atoms with E-state index in [1.165, 1.54) is 0 Å². The fraction of sp³-hybridized carbons (Fsp3) is 0.750. The minimum atomic E-state index is -0.528. The number of carbonyl (C=O) groups is 2. The first-order chi connectivity index (χ1) is 11.7. The Labute approximate surface area is 141 Å². The number of amides is 2. The molecule has 2 amide bonds. The molecule has 0 radical (unpaired) electrons. The summed E-state index contributed by atoms with van der Waals surface area (Å²) in [7, 11) is 0. The lowest BCUT2D eigenvalue weighted by Gasteiger charge is -2.20. The number of nitrogens with zero attached hydrogens (tertiary/aromatic N) is 3. The quantitative estimate of drug-likeness (QED) is 0.824. The maximum atomic E-state index is 12.5. The van der Waals surface area contributed by atoms with E-state index in [-0.39, 0.29) is 29.4 Å². The number of hydrogen-bond donors (Lipinski definition) is 2. The lowest BCUT2D eigenvalue weighted by Crippen LogP contribution is -2.34. The summed E-state index contributed by atoms with van der Waals surface area (Å²) < 4.78 is 5.91.